The second-order valence-corrected chi connectivity index (χ2v) is 10.1. The number of aromatic nitrogens is 2. The van der Waals surface area contributed by atoms with Crippen molar-refractivity contribution in [3.05, 3.63) is 62.5 Å². The summed E-state index contributed by atoms with van der Waals surface area (Å²) in [4.78, 5) is 32.5. The Balaban J connectivity index is 1.58. The maximum absolute atomic E-state index is 13.1. The smallest absolute Gasteiger partial charge is 0.339 e. The largest absolute Gasteiger partial charge is 0.452 e. The molecule has 0 atom stereocenters. The van der Waals surface area contributed by atoms with E-state index < -0.39 is 18.5 Å². The van der Waals surface area contributed by atoms with E-state index >= 15 is 0 Å². The summed E-state index contributed by atoms with van der Waals surface area (Å²) < 4.78 is 10.8. The average molecular weight is 478 g/mol. The molecule has 0 bridgehead atoms. The van der Waals surface area contributed by atoms with E-state index in [2.05, 4.69) is 29.3 Å². The summed E-state index contributed by atoms with van der Waals surface area (Å²) >= 11 is 1.65. The molecule has 0 aliphatic rings. The highest BCUT2D eigenvalue weighted by Crippen LogP contribution is 2.33. The fourth-order valence-corrected chi connectivity index (χ4v) is 4.94. The Morgan fingerprint density at radius 1 is 1.15 bits per heavy atom. The number of ether oxygens (including phenoxy) is 1. The molecule has 0 saturated carbocycles. The van der Waals surface area contributed by atoms with Crippen LogP contribution in [0, 0.1) is 27.7 Å². The summed E-state index contributed by atoms with van der Waals surface area (Å²) in [7, 11) is 0. The van der Waals surface area contributed by atoms with E-state index in [1.165, 1.54) is 0 Å². The van der Waals surface area contributed by atoms with E-state index in [9.17, 15) is 9.59 Å². The van der Waals surface area contributed by atoms with E-state index in [0.717, 1.165) is 32.1 Å². The first-order chi connectivity index (χ1) is 16.2. The molecule has 1 aromatic carbocycles. The Labute approximate surface area is 202 Å². The number of carbonyl (C=O) groups excluding carboxylic acids is 2. The third-order valence-corrected chi connectivity index (χ3v) is 6.65. The van der Waals surface area contributed by atoms with E-state index in [-0.39, 0.29) is 17.2 Å². The van der Waals surface area contributed by atoms with Crippen molar-refractivity contribution in [2.24, 2.45) is 0 Å². The molecule has 1 amide bonds. The second-order valence-electron chi connectivity index (χ2n) is 8.65. The first-order valence-corrected chi connectivity index (χ1v) is 11.9. The van der Waals surface area contributed by atoms with Crippen molar-refractivity contribution in [3.8, 4) is 11.3 Å². The Kier molecular flexibility index (Phi) is 6.52. The van der Waals surface area contributed by atoms with Crippen molar-refractivity contribution in [1.82, 2.24) is 10.1 Å². The van der Waals surface area contributed by atoms with Crippen LogP contribution in [0.1, 0.15) is 56.7 Å². The van der Waals surface area contributed by atoms with Gasteiger partial charge in [-0.15, -0.1) is 11.3 Å². The highest BCUT2D eigenvalue weighted by Gasteiger charge is 2.22. The van der Waals surface area contributed by atoms with Gasteiger partial charge in [-0.05, 0) is 56.9 Å². The van der Waals surface area contributed by atoms with Gasteiger partial charge in [-0.3, -0.25) is 4.79 Å². The van der Waals surface area contributed by atoms with Crippen molar-refractivity contribution in [3.63, 3.8) is 0 Å². The van der Waals surface area contributed by atoms with Crippen molar-refractivity contribution >= 4 is 40.0 Å². The molecule has 4 rings (SSSR count). The van der Waals surface area contributed by atoms with Gasteiger partial charge in [0.05, 0.1) is 22.3 Å². The van der Waals surface area contributed by atoms with Crippen LogP contribution in [-0.4, -0.2) is 28.6 Å². The summed E-state index contributed by atoms with van der Waals surface area (Å²) in [5.74, 6) is -0.794. The van der Waals surface area contributed by atoms with E-state index in [4.69, 9.17) is 9.26 Å². The van der Waals surface area contributed by atoms with Crippen LogP contribution in [0.15, 0.2) is 34.9 Å². The molecule has 4 aromatic rings. The number of para-hydroxylation sites is 1. The zero-order valence-electron chi connectivity index (χ0n) is 20.1. The number of anilines is 1. The third-order valence-electron chi connectivity index (χ3n) is 5.68. The highest BCUT2D eigenvalue weighted by atomic mass is 32.1. The lowest BCUT2D eigenvalue weighted by Gasteiger charge is -2.16. The number of nitrogens with one attached hydrogen (secondary N) is 1. The van der Waals surface area contributed by atoms with Crippen molar-refractivity contribution in [2.75, 3.05) is 11.9 Å². The standard InChI is InChI=1S/C26H27N3O4S/c1-13(2)18-9-7-8-14(3)24(18)28-22(30)12-32-26(31)20-11-21(19-10-15(4)34-17(19)6)27-25-23(20)16(5)29-33-25/h7-11,13H,12H2,1-6H3,(H,28,30). The van der Waals surface area contributed by atoms with Gasteiger partial charge in [0, 0.05) is 21.0 Å². The molecule has 0 aliphatic carbocycles. The van der Waals surface area contributed by atoms with Crippen LogP contribution in [0.3, 0.4) is 0 Å². The van der Waals surface area contributed by atoms with E-state index in [1.54, 1.807) is 24.3 Å². The van der Waals surface area contributed by atoms with Crippen LogP contribution in [0.2, 0.25) is 0 Å². The number of esters is 1. The number of benzene rings is 1. The molecule has 1 N–H and O–H groups in total. The van der Waals surface area contributed by atoms with Crippen LogP contribution in [0.4, 0.5) is 5.69 Å². The quantitative estimate of drug-likeness (QED) is 0.337. The fourth-order valence-electron chi connectivity index (χ4n) is 4.01. The summed E-state index contributed by atoms with van der Waals surface area (Å²) in [5.41, 5.74) is 5.32. The molecule has 0 aliphatic heterocycles. The monoisotopic (exact) mass is 477 g/mol. The van der Waals surface area contributed by atoms with E-state index in [0.29, 0.717) is 16.8 Å². The van der Waals surface area contributed by atoms with Gasteiger partial charge in [0.25, 0.3) is 11.6 Å². The molecule has 0 fully saturated rings. The predicted molar refractivity (Wildman–Crippen MR) is 134 cm³/mol. The maximum atomic E-state index is 13.1. The number of rotatable bonds is 6. The van der Waals surface area contributed by atoms with Gasteiger partial charge < -0.3 is 14.6 Å². The zero-order valence-corrected chi connectivity index (χ0v) is 20.9. The van der Waals surface area contributed by atoms with Gasteiger partial charge in [0.2, 0.25) is 0 Å². The van der Waals surface area contributed by atoms with Crippen molar-refractivity contribution < 1.29 is 18.8 Å². The predicted octanol–water partition coefficient (Wildman–Crippen LogP) is 6.10. The summed E-state index contributed by atoms with van der Waals surface area (Å²) in [6, 6.07) is 9.58. The normalized spacial score (nSPS) is 11.3. The summed E-state index contributed by atoms with van der Waals surface area (Å²) in [6.45, 7) is 11.4. The lowest BCUT2D eigenvalue weighted by atomic mass is 9.98. The number of hydrogen-bond acceptors (Lipinski definition) is 7. The number of hydrogen-bond donors (Lipinski definition) is 1. The Morgan fingerprint density at radius 2 is 1.91 bits per heavy atom. The minimum absolute atomic E-state index is 0.238. The van der Waals surface area contributed by atoms with Crippen LogP contribution < -0.4 is 5.32 Å². The Morgan fingerprint density at radius 3 is 2.59 bits per heavy atom. The van der Waals surface area contributed by atoms with Crippen molar-refractivity contribution in [1.29, 1.82) is 0 Å². The molecular formula is C26H27N3O4S. The molecular weight excluding hydrogens is 450 g/mol. The Bertz CT molecular complexity index is 1400. The molecule has 3 heterocycles. The number of pyridine rings is 1. The first kappa shape index (κ1) is 23.6. The molecule has 3 aromatic heterocycles. The summed E-state index contributed by atoms with van der Waals surface area (Å²) in [6.07, 6.45) is 0. The fraction of sp³-hybridized carbons (Fsp3) is 0.308. The second kappa shape index (κ2) is 9.38. The highest BCUT2D eigenvalue weighted by molar-refractivity contribution is 7.12. The average Bonchev–Trinajstić information content (AvgIpc) is 3.33. The van der Waals surface area contributed by atoms with Gasteiger partial charge in [0.15, 0.2) is 6.61 Å². The topological polar surface area (TPSA) is 94.3 Å². The van der Waals surface area contributed by atoms with Crippen LogP contribution in [0.5, 0.6) is 0 Å². The SMILES string of the molecule is Cc1cc(-c2cc(C(=O)OCC(=O)Nc3c(C)cccc3C(C)C)c3c(C)noc3n2)c(C)s1. The Hall–Kier alpha value is -3.52. The number of amides is 1. The van der Waals surface area contributed by atoms with Gasteiger partial charge in [-0.25, -0.2) is 9.78 Å². The molecule has 0 spiro atoms. The van der Waals surface area contributed by atoms with Gasteiger partial charge in [0.1, 0.15) is 0 Å². The number of aryl methyl sites for hydroxylation is 4. The van der Waals surface area contributed by atoms with Crippen LogP contribution >= 0.6 is 11.3 Å². The number of thiophene rings is 1. The molecule has 0 unspecified atom stereocenters. The van der Waals surface area contributed by atoms with E-state index in [1.807, 2.05) is 45.0 Å². The summed E-state index contributed by atoms with van der Waals surface area (Å²) in [5, 5.41) is 7.35. The molecule has 176 valence electrons. The number of fused-ring (bicyclic) bond motifs is 1. The zero-order chi connectivity index (χ0) is 24.6. The van der Waals surface area contributed by atoms with Crippen LogP contribution in [0.25, 0.3) is 22.4 Å². The molecule has 7 nitrogen and oxygen atoms in total. The van der Waals surface area contributed by atoms with Crippen molar-refractivity contribution in [2.45, 2.75) is 47.5 Å². The molecule has 0 saturated heterocycles. The molecule has 8 heteroatoms. The minimum atomic E-state index is -0.631. The number of carbonyl (C=O) groups is 2. The number of nitrogens with zero attached hydrogens (tertiary/aromatic N) is 2. The minimum Gasteiger partial charge on any atom is -0.452 e. The third kappa shape index (κ3) is 4.59. The van der Waals surface area contributed by atoms with Gasteiger partial charge in [-0.2, -0.15) is 0 Å². The lowest BCUT2D eigenvalue weighted by molar-refractivity contribution is -0.119. The lowest BCUT2D eigenvalue weighted by Crippen LogP contribution is -2.22. The first-order valence-electron chi connectivity index (χ1n) is 11.1. The van der Waals surface area contributed by atoms with Gasteiger partial charge >= 0.3 is 5.97 Å². The molecule has 34 heavy (non-hydrogen) atoms. The maximum Gasteiger partial charge on any atom is 0.339 e. The van der Waals surface area contributed by atoms with Gasteiger partial charge in [-0.1, -0.05) is 37.2 Å². The van der Waals surface area contributed by atoms with Crippen LogP contribution in [-0.2, 0) is 9.53 Å². The molecule has 0 radical (unpaired) electrons.